The van der Waals surface area contributed by atoms with Gasteiger partial charge in [0.2, 0.25) is 0 Å². The van der Waals surface area contributed by atoms with E-state index in [2.05, 4.69) is 20.3 Å². The van der Waals surface area contributed by atoms with Crippen LogP contribution in [0.2, 0.25) is 0 Å². The first-order chi connectivity index (χ1) is 13.1. The maximum Gasteiger partial charge on any atom is 0.354 e. The van der Waals surface area contributed by atoms with Crippen LogP contribution in [0.25, 0.3) is 11.0 Å². The second kappa shape index (κ2) is 7.22. The van der Waals surface area contributed by atoms with E-state index in [1.54, 1.807) is 0 Å². The molecule has 8 heteroatoms. The van der Waals surface area contributed by atoms with E-state index in [9.17, 15) is 9.59 Å². The molecule has 0 spiro atoms. The number of amides is 1. The number of fused-ring (bicyclic) bond motifs is 1. The highest BCUT2D eigenvalue weighted by Gasteiger charge is 2.26. The first-order valence-corrected chi connectivity index (χ1v) is 9.11. The molecule has 4 rings (SSSR count). The second-order valence-electron chi connectivity index (χ2n) is 7.00. The van der Waals surface area contributed by atoms with Crippen LogP contribution in [-0.2, 0) is 0 Å². The number of aromatic nitrogens is 4. The Morgan fingerprint density at radius 1 is 1.19 bits per heavy atom. The monoisotopic (exact) mass is 367 g/mol. The Kier molecular flexibility index (Phi) is 4.62. The number of nitrogens with zero attached hydrogens (tertiary/aromatic N) is 2. The van der Waals surface area contributed by atoms with Crippen LogP contribution in [-0.4, -0.2) is 43.5 Å². The van der Waals surface area contributed by atoms with E-state index in [0.717, 1.165) is 42.5 Å². The highest BCUT2D eigenvalue weighted by atomic mass is 16.4. The molecule has 1 saturated carbocycles. The smallest absolute Gasteiger partial charge is 0.354 e. The van der Waals surface area contributed by atoms with Crippen LogP contribution in [0.5, 0.6) is 0 Å². The van der Waals surface area contributed by atoms with Crippen molar-refractivity contribution in [2.45, 2.75) is 31.6 Å². The fourth-order valence-electron chi connectivity index (χ4n) is 3.76. The van der Waals surface area contributed by atoms with E-state index < -0.39 is 11.9 Å². The normalized spacial score (nSPS) is 19.9. The molecule has 3 aromatic rings. The van der Waals surface area contributed by atoms with E-state index in [1.807, 2.05) is 24.3 Å². The zero-order valence-electron chi connectivity index (χ0n) is 14.7. The predicted octanol–water partition coefficient (Wildman–Crippen LogP) is 2.69. The molecule has 0 aliphatic heterocycles. The van der Waals surface area contributed by atoms with E-state index in [-0.39, 0.29) is 11.4 Å². The summed E-state index contributed by atoms with van der Waals surface area (Å²) in [6.07, 6.45) is 5.24. The van der Waals surface area contributed by atoms with Gasteiger partial charge in [-0.05, 0) is 43.7 Å². The standard InChI is InChI=1S/C19H21N5O3/c25-18(15-16(19(26)27)22-10-21-15)20-9-11-5-7-12(8-6-11)17-23-13-3-1-2-4-14(13)24-17/h1-4,10-12H,5-9H2,(H,20,25)(H,21,22)(H,23,24)(H,26,27). The number of aromatic amines is 2. The number of carbonyl (C=O) groups excluding carboxylic acids is 1. The summed E-state index contributed by atoms with van der Waals surface area (Å²) in [7, 11) is 0. The van der Waals surface area contributed by atoms with Crippen molar-refractivity contribution in [1.82, 2.24) is 25.3 Å². The third kappa shape index (κ3) is 3.55. The van der Waals surface area contributed by atoms with Gasteiger partial charge in [0.1, 0.15) is 5.82 Å². The van der Waals surface area contributed by atoms with E-state index >= 15 is 0 Å². The van der Waals surface area contributed by atoms with Crippen LogP contribution in [0.4, 0.5) is 0 Å². The molecule has 0 saturated heterocycles. The Hall–Kier alpha value is -3.16. The van der Waals surface area contributed by atoms with Crippen molar-refractivity contribution in [3.05, 3.63) is 47.8 Å². The number of carboxylic acids is 1. The molecule has 4 N–H and O–H groups in total. The van der Waals surface area contributed by atoms with Crippen molar-refractivity contribution < 1.29 is 14.7 Å². The summed E-state index contributed by atoms with van der Waals surface area (Å²) < 4.78 is 0. The summed E-state index contributed by atoms with van der Waals surface area (Å²) in [5, 5.41) is 11.9. The van der Waals surface area contributed by atoms with E-state index in [4.69, 9.17) is 10.1 Å². The molecule has 0 radical (unpaired) electrons. The average Bonchev–Trinajstić information content (AvgIpc) is 3.33. The Balaban J connectivity index is 1.31. The molecule has 0 atom stereocenters. The lowest BCUT2D eigenvalue weighted by atomic mass is 9.81. The molecule has 1 aliphatic carbocycles. The third-order valence-electron chi connectivity index (χ3n) is 5.26. The second-order valence-corrected chi connectivity index (χ2v) is 7.00. The molecular formula is C19H21N5O3. The van der Waals surface area contributed by atoms with Crippen LogP contribution in [0.15, 0.2) is 30.6 Å². The summed E-state index contributed by atoms with van der Waals surface area (Å²) >= 11 is 0. The fraction of sp³-hybridized carbons (Fsp3) is 0.368. The molecule has 1 amide bonds. The number of nitrogens with one attached hydrogen (secondary N) is 3. The molecule has 1 aliphatic rings. The van der Waals surface area contributed by atoms with Gasteiger partial charge in [-0.1, -0.05) is 12.1 Å². The summed E-state index contributed by atoms with van der Waals surface area (Å²) in [5.41, 5.74) is 1.81. The summed E-state index contributed by atoms with van der Waals surface area (Å²) in [6.45, 7) is 0.525. The molecule has 2 aromatic heterocycles. The molecule has 1 aromatic carbocycles. The van der Waals surface area contributed by atoms with Gasteiger partial charge in [-0.2, -0.15) is 0 Å². The van der Waals surface area contributed by atoms with Gasteiger partial charge in [-0.15, -0.1) is 0 Å². The topological polar surface area (TPSA) is 124 Å². The summed E-state index contributed by atoms with van der Waals surface area (Å²) in [5.74, 6) is 0.189. The lowest BCUT2D eigenvalue weighted by molar-refractivity contribution is 0.0684. The molecule has 2 heterocycles. The number of hydrogen-bond donors (Lipinski definition) is 4. The minimum absolute atomic E-state index is 0.0709. The molecule has 0 bridgehead atoms. The Morgan fingerprint density at radius 2 is 1.96 bits per heavy atom. The van der Waals surface area contributed by atoms with Crippen LogP contribution < -0.4 is 5.32 Å². The quantitative estimate of drug-likeness (QED) is 0.552. The van der Waals surface area contributed by atoms with Gasteiger partial charge in [0.25, 0.3) is 5.91 Å². The van der Waals surface area contributed by atoms with Gasteiger partial charge in [-0.25, -0.2) is 14.8 Å². The zero-order valence-corrected chi connectivity index (χ0v) is 14.7. The van der Waals surface area contributed by atoms with E-state index in [1.165, 1.54) is 6.33 Å². The Morgan fingerprint density at radius 3 is 2.70 bits per heavy atom. The molecule has 27 heavy (non-hydrogen) atoms. The largest absolute Gasteiger partial charge is 0.477 e. The average molecular weight is 367 g/mol. The van der Waals surface area contributed by atoms with Crippen molar-refractivity contribution in [3.63, 3.8) is 0 Å². The minimum Gasteiger partial charge on any atom is -0.477 e. The number of hydrogen-bond acceptors (Lipinski definition) is 4. The molecule has 1 fully saturated rings. The third-order valence-corrected chi connectivity index (χ3v) is 5.26. The highest BCUT2D eigenvalue weighted by Crippen LogP contribution is 2.35. The number of carboxylic acid groups (broad SMARTS) is 1. The number of H-pyrrole nitrogens is 2. The van der Waals surface area contributed by atoms with Gasteiger partial charge in [0.05, 0.1) is 17.4 Å². The number of rotatable bonds is 5. The summed E-state index contributed by atoms with van der Waals surface area (Å²) in [6, 6.07) is 8.03. The van der Waals surface area contributed by atoms with Crippen LogP contribution in [0, 0.1) is 5.92 Å². The predicted molar refractivity (Wildman–Crippen MR) is 98.7 cm³/mol. The minimum atomic E-state index is -1.19. The molecular weight excluding hydrogens is 346 g/mol. The van der Waals surface area contributed by atoms with Gasteiger partial charge in [0.15, 0.2) is 11.4 Å². The molecule has 140 valence electrons. The fourth-order valence-corrected chi connectivity index (χ4v) is 3.76. The number of benzene rings is 1. The number of aromatic carboxylic acids is 1. The van der Waals surface area contributed by atoms with Crippen LogP contribution >= 0.6 is 0 Å². The first-order valence-electron chi connectivity index (χ1n) is 9.11. The van der Waals surface area contributed by atoms with E-state index in [0.29, 0.717) is 18.4 Å². The van der Waals surface area contributed by atoms with Crippen molar-refractivity contribution in [1.29, 1.82) is 0 Å². The van der Waals surface area contributed by atoms with Gasteiger partial charge < -0.3 is 20.4 Å². The van der Waals surface area contributed by atoms with Gasteiger partial charge in [0, 0.05) is 12.5 Å². The zero-order chi connectivity index (χ0) is 18.8. The highest BCUT2D eigenvalue weighted by molar-refractivity contribution is 6.02. The maximum atomic E-state index is 12.2. The SMILES string of the molecule is O=C(NCC1CCC(c2nc3ccccc3[nH]2)CC1)c1nc[nH]c1C(=O)O. The Labute approximate surface area is 155 Å². The number of imidazole rings is 2. The van der Waals surface area contributed by atoms with Crippen molar-refractivity contribution >= 4 is 22.9 Å². The lowest BCUT2D eigenvalue weighted by Crippen LogP contribution is -2.32. The van der Waals surface area contributed by atoms with Crippen molar-refractivity contribution in [2.24, 2.45) is 5.92 Å². The maximum absolute atomic E-state index is 12.2. The lowest BCUT2D eigenvalue weighted by Gasteiger charge is -2.27. The van der Waals surface area contributed by atoms with Gasteiger partial charge >= 0.3 is 5.97 Å². The Bertz CT molecular complexity index is 936. The molecule has 0 unspecified atom stereocenters. The number of carbonyl (C=O) groups is 2. The van der Waals surface area contributed by atoms with Crippen molar-refractivity contribution in [3.8, 4) is 0 Å². The van der Waals surface area contributed by atoms with Crippen molar-refractivity contribution in [2.75, 3.05) is 6.54 Å². The summed E-state index contributed by atoms with van der Waals surface area (Å²) in [4.78, 5) is 37.7. The number of para-hydroxylation sites is 2. The van der Waals surface area contributed by atoms with Crippen LogP contribution in [0.1, 0.15) is 58.4 Å². The van der Waals surface area contributed by atoms with Gasteiger partial charge in [-0.3, -0.25) is 4.79 Å². The first kappa shape index (κ1) is 17.3. The van der Waals surface area contributed by atoms with Crippen LogP contribution in [0.3, 0.4) is 0 Å². The molecule has 8 nitrogen and oxygen atoms in total.